The first kappa shape index (κ1) is 13.0. The second kappa shape index (κ2) is 6.52. The van der Waals surface area contributed by atoms with Crippen LogP contribution in [0.15, 0.2) is 34.5 Å². The van der Waals surface area contributed by atoms with Gasteiger partial charge >= 0.3 is 5.91 Å². The molecule has 1 rings (SSSR count). The number of hydrogen-bond acceptors (Lipinski definition) is 4. The smallest absolute Gasteiger partial charge is 0.360 e. The normalized spacial score (nSPS) is 9.82. The molecule has 0 saturated carbocycles. The topological polar surface area (TPSA) is 85.2 Å². The van der Waals surface area contributed by atoms with E-state index in [1.165, 1.54) is 0 Å². The number of rotatable bonds is 4. The Bertz CT molecular complexity index is 449. The summed E-state index contributed by atoms with van der Waals surface area (Å²) < 4.78 is 0. The van der Waals surface area contributed by atoms with Crippen LogP contribution < -0.4 is 10.6 Å². The Morgan fingerprint density at radius 1 is 1.47 bits per heavy atom. The molecule has 0 heterocycles. The Balaban J connectivity index is 2.57. The number of carbonyl (C=O) groups is 1. The van der Waals surface area contributed by atoms with Gasteiger partial charge in [-0.25, -0.2) is 0 Å². The molecule has 1 aromatic rings. The first-order valence-corrected chi connectivity index (χ1v) is 5.21. The molecule has 1 amide bonds. The van der Waals surface area contributed by atoms with E-state index in [0.717, 1.165) is 6.54 Å². The summed E-state index contributed by atoms with van der Waals surface area (Å²) in [6.45, 7) is 1.28. The lowest BCUT2D eigenvalue weighted by Crippen LogP contribution is -2.15. The number of amides is 1. The van der Waals surface area contributed by atoms with Gasteiger partial charge in [-0.3, -0.25) is 4.79 Å². The highest BCUT2D eigenvalue weighted by atomic mass is 16.1. The molecule has 0 fully saturated rings. The molecule has 17 heavy (non-hydrogen) atoms. The van der Waals surface area contributed by atoms with Crippen molar-refractivity contribution in [2.45, 2.75) is 0 Å². The summed E-state index contributed by atoms with van der Waals surface area (Å²) >= 11 is 0. The summed E-state index contributed by atoms with van der Waals surface area (Å²) in [5.41, 5.74) is 6.49. The molecule has 0 bridgehead atoms. The van der Waals surface area contributed by atoms with E-state index in [0.29, 0.717) is 17.8 Å². The minimum atomic E-state index is -0.439. The van der Waals surface area contributed by atoms with Crippen LogP contribution in [-0.4, -0.2) is 38.0 Å². The van der Waals surface area contributed by atoms with E-state index >= 15 is 0 Å². The Labute approximate surface area is 99.9 Å². The van der Waals surface area contributed by atoms with Crippen molar-refractivity contribution in [1.82, 2.24) is 9.81 Å². The SMILES string of the molecule is CN(C)CCN=[N+]=NC(=O)c1cccc(N)c1. The average Bonchev–Trinajstić information content (AvgIpc) is 2.28. The lowest BCUT2D eigenvalue weighted by molar-refractivity contribution is 0.0992. The van der Waals surface area contributed by atoms with Crippen molar-refractivity contribution < 1.29 is 4.79 Å². The van der Waals surface area contributed by atoms with Gasteiger partial charge in [-0.2, -0.15) is 0 Å². The zero-order chi connectivity index (χ0) is 12.7. The van der Waals surface area contributed by atoms with Crippen LogP contribution in [0, 0.1) is 0 Å². The van der Waals surface area contributed by atoms with E-state index in [1.54, 1.807) is 24.3 Å². The molecule has 0 unspecified atom stereocenters. The molecule has 1 aromatic carbocycles. The van der Waals surface area contributed by atoms with Gasteiger partial charge in [-0.05, 0) is 32.3 Å². The zero-order valence-corrected chi connectivity index (χ0v) is 10.00. The summed E-state index contributed by atoms with van der Waals surface area (Å²) in [4.78, 5) is 17.0. The minimum absolute atomic E-state index is 0.413. The first-order chi connectivity index (χ1) is 8.09. The van der Waals surface area contributed by atoms with Gasteiger partial charge in [0.05, 0.1) is 5.56 Å². The summed E-state index contributed by atoms with van der Waals surface area (Å²) in [5.74, 6) is -0.439. The van der Waals surface area contributed by atoms with Crippen molar-refractivity contribution in [2.75, 3.05) is 32.9 Å². The van der Waals surface area contributed by atoms with Crippen molar-refractivity contribution in [2.24, 2.45) is 10.2 Å². The fraction of sp³-hybridized carbons (Fsp3) is 0.364. The van der Waals surface area contributed by atoms with Crippen LogP contribution in [0.25, 0.3) is 0 Å². The minimum Gasteiger partial charge on any atom is -0.399 e. The zero-order valence-electron chi connectivity index (χ0n) is 10.00. The predicted molar refractivity (Wildman–Crippen MR) is 65.6 cm³/mol. The Hall–Kier alpha value is -2.04. The van der Waals surface area contributed by atoms with E-state index in [-0.39, 0.29) is 0 Å². The van der Waals surface area contributed by atoms with Gasteiger partial charge in [0, 0.05) is 12.2 Å². The van der Waals surface area contributed by atoms with Crippen LogP contribution in [0.3, 0.4) is 0 Å². The number of carbonyl (C=O) groups excluding carboxylic acids is 1. The Kier molecular flexibility index (Phi) is 5.00. The highest BCUT2D eigenvalue weighted by Gasteiger charge is 2.09. The number of nitrogens with zero attached hydrogens (tertiary/aromatic N) is 4. The van der Waals surface area contributed by atoms with Crippen molar-refractivity contribution in [3.63, 3.8) is 0 Å². The summed E-state index contributed by atoms with van der Waals surface area (Å²) in [6, 6.07) is 6.59. The molecule has 2 N–H and O–H groups in total. The van der Waals surface area contributed by atoms with Crippen LogP contribution in [-0.2, 0) is 0 Å². The molecule has 0 aromatic heterocycles. The monoisotopic (exact) mass is 234 g/mol. The second-order valence-electron chi connectivity index (χ2n) is 3.79. The number of likely N-dealkylation sites (N-methyl/N-ethyl adjacent to an activating group) is 1. The lowest BCUT2D eigenvalue weighted by Gasteiger charge is -2.01. The van der Waals surface area contributed by atoms with Gasteiger partial charge < -0.3 is 10.6 Å². The number of benzene rings is 1. The highest BCUT2D eigenvalue weighted by molar-refractivity contribution is 5.95. The molecule has 6 nitrogen and oxygen atoms in total. The average molecular weight is 234 g/mol. The van der Waals surface area contributed by atoms with Crippen molar-refractivity contribution in [3.8, 4) is 0 Å². The van der Waals surface area contributed by atoms with Gasteiger partial charge in [0.15, 0.2) is 0 Å². The van der Waals surface area contributed by atoms with Gasteiger partial charge in [-0.15, -0.1) is 0 Å². The molecule has 90 valence electrons. The Morgan fingerprint density at radius 2 is 2.24 bits per heavy atom. The molecule has 0 radical (unpaired) electrons. The van der Waals surface area contributed by atoms with Gasteiger partial charge in [0.1, 0.15) is 11.7 Å². The predicted octanol–water partition coefficient (Wildman–Crippen LogP) is 0.942. The third kappa shape index (κ3) is 5.01. The molecule has 6 heteroatoms. The van der Waals surface area contributed by atoms with Crippen LogP contribution in [0.1, 0.15) is 10.4 Å². The summed E-state index contributed by atoms with van der Waals surface area (Å²) in [5, 5.41) is 7.24. The van der Waals surface area contributed by atoms with Crippen LogP contribution in [0.5, 0.6) is 0 Å². The molecule has 0 aliphatic heterocycles. The molecule has 0 spiro atoms. The summed E-state index contributed by atoms with van der Waals surface area (Å²) in [7, 11) is 3.87. The highest BCUT2D eigenvalue weighted by Crippen LogP contribution is 2.07. The maximum atomic E-state index is 11.5. The van der Waals surface area contributed by atoms with E-state index in [2.05, 4.69) is 15.1 Å². The van der Waals surface area contributed by atoms with E-state index < -0.39 is 5.91 Å². The quantitative estimate of drug-likeness (QED) is 0.478. The van der Waals surface area contributed by atoms with Gasteiger partial charge in [0.2, 0.25) is 10.0 Å². The van der Waals surface area contributed by atoms with Crippen LogP contribution in [0.4, 0.5) is 5.69 Å². The van der Waals surface area contributed by atoms with Crippen molar-refractivity contribution in [1.29, 1.82) is 0 Å². The maximum absolute atomic E-state index is 11.5. The largest absolute Gasteiger partial charge is 0.399 e. The van der Waals surface area contributed by atoms with E-state index in [9.17, 15) is 4.79 Å². The number of nitrogen functional groups attached to an aromatic ring is 1. The molecule has 0 atom stereocenters. The molecule has 0 aliphatic carbocycles. The van der Waals surface area contributed by atoms with Crippen molar-refractivity contribution >= 4 is 11.6 Å². The lowest BCUT2D eigenvalue weighted by atomic mass is 10.2. The molecule has 0 aliphatic rings. The molecular formula is C11H16N5O+. The van der Waals surface area contributed by atoms with E-state index in [4.69, 9.17) is 5.73 Å². The van der Waals surface area contributed by atoms with Crippen LogP contribution in [0.2, 0.25) is 0 Å². The van der Waals surface area contributed by atoms with Gasteiger partial charge in [0.25, 0.3) is 0 Å². The van der Waals surface area contributed by atoms with E-state index in [1.807, 2.05) is 19.0 Å². The van der Waals surface area contributed by atoms with Crippen molar-refractivity contribution in [3.05, 3.63) is 29.8 Å². The standard InChI is InChI=1S/C11H16N5O/c1-16(2)7-6-13-15-14-11(17)9-4-3-5-10(12)8-9/h3-5,8H,6-7,12H2,1-2H3/q+1. The van der Waals surface area contributed by atoms with Crippen LogP contribution >= 0.6 is 0 Å². The summed E-state index contributed by atoms with van der Waals surface area (Å²) in [6.07, 6.45) is 0. The fourth-order valence-corrected chi connectivity index (χ4v) is 1.09. The third-order valence-corrected chi connectivity index (χ3v) is 1.98. The Morgan fingerprint density at radius 3 is 2.88 bits per heavy atom. The van der Waals surface area contributed by atoms with Gasteiger partial charge in [-0.1, -0.05) is 6.07 Å². The molecule has 0 saturated heterocycles. The molecular weight excluding hydrogens is 218 g/mol. The number of hydrogen-bond donors (Lipinski definition) is 1. The number of anilines is 1. The fourth-order valence-electron chi connectivity index (χ4n) is 1.09. The maximum Gasteiger partial charge on any atom is 0.360 e. The number of nitrogens with two attached hydrogens (primary N) is 1. The first-order valence-electron chi connectivity index (χ1n) is 5.21. The third-order valence-electron chi connectivity index (χ3n) is 1.98. The second-order valence-corrected chi connectivity index (χ2v) is 3.79.